The summed E-state index contributed by atoms with van der Waals surface area (Å²) < 4.78 is 0.968. The smallest absolute Gasteiger partial charge is 0.0969 e. The number of aliphatic hydroxyl groups excluding tert-OH is 1. The molecule has 0 aliphatic heterocycles. The van der Waals surface area contributed by atoms with Crippen LogP contribution in [0.25, 0.3) is 0 Å². The Morgan fingerprint density at radius 3 is 2.82 bits per heavy atom. The Labute approximate surface area is 74.5 Å². The summed E-state index contributed by atoms with van der Waals surface area (Å²) in [6, 6.07) is 7.52. The number of hydrogen-bond acceptors (Lipinski definition) is 1. The second-order valence-electron chi connectivity index (χ2n) is 2.24. The standard InChI is InChI=1S/C9H9BrO/c1-2-9(11)7-4-3-5-8(10)6-7/h2-6,9,11H,1H2/t9-/m0/s1. The summed E-state index contributed by atoms with van der Waals surface area (Å²) in [6.45, 7) is 3.50. The molecule has 1 aromatic rings. The van der Waals surface area contributed by atoms with Crippen LogP contribution in [0.3, 0.4) is 0 Å². The lowest BCUT2D eigenvalue weighted by Gasteiger charge is -2.04. The third-order valence-electron chi connectivity index (χ3n) is 1.41. The van der Waals surface area contributed by atoms with E-state index in [1.807, 2.05) is 24.3 Å². The maximum Gasteiger partial charge on any atom is 0.0969 e. The van der Waals surface area contributed by atoms with Crippen molar-refractivity contribution in [3.05, 3.63) is 47.0 Å². The first kappa shape index (κ1) is 8.50. The topological polar surface area (TPSA) is 20.2 Å². The zero-order chi connectivity index (χ0) is 8.27. The van der Waals surface area contributed by atoms with Gasteiger partial charge in [0.1, 0.15) is 0 Å². The van der Waals surface area contributed by atoms with Crippen LogP contribution in [0.5, 0.6) is 0 Å². The highest BCUT2D eigenvalue weighted by atomic mass is 79.9. The molecule has 2 heteroatoms. The lowest BCUT2D eigenvalue weighted by Crippen LogP contribution is -1.90. The molecule has 0 bridgehead atoms. The third-order valence-corrected chi connectivity index (χ3v) is 1.91. The van der Waals surface area contributed by atoms with Gasteiger partial charge >= 0.3 is 0 Å². The van der Waals surface area contributed by atoms with Crippen molar-refractivity contribution in [2.24, 2.45) is 0 Å². The molecule has 0 heterocycles. The minimum absolute atomic E-state index is 0.563. The first-order valence-corrected chi connectivity index (χ1v) is 4.09. The fraction of sp³-hybridized carbons (Fsp3) is 0.111. The molecule has 0 radical (unpaired) electrons. The Morgan fingerprint density at radius 1 is 1.55 bits per heavy atom. The van der Waals surface area contributed by atoms with E-state index in [-0.39, 0.29) is 0 Å². The van der Waals surface area contributed by atoms with Crippen LogP contribution in [0.2, 0.25) is 0 Å². The van der Waals surface area contributed by atoms with E-state index in [2.05, 4.69) is 22.5 Å². The van der Waals surface area contributed by atoms with Crippen molar-refractivity contribution >= 4 is 15.9 Å². The quantitative estimate of drug-likeness (QED) is 0.748. The van der Waals surface area contributed by atoms with E-state index < -0.39 is 6.10 Å². The van der Waals surface area contributed by atoms with Gasteiger partial charge in [0.05, 0.1) is 6.10 Å². The molecule has 0 saturated carbocycles. The first-order chi connectivity index (χ1) is 5.24. The Morgan fingerprint density at radius 2 is 2.27 bits per heavy atom. The second kappa shape index (κ2) is 3.69. The summed E-state index contributed by atoms with van der Waals surface area (Å²) in [7, 11) is 0. The number of halogens is 1. The number of benzene rings is 1. The molecule has 58 valence electrons. The van der Waals surface area contributed by atoms with Gasteiger partial charge in [-0.1, -0.05) is 34.1 Å². The summed E-state index contributed by atoms with van der Waals surface area (Å²) in [5.74, 6) is 0. The highest BCUT2D eigenvalue weighted by Crippen LogP contribution is 2.18. The summed E-state index contributed by atoms with van der Waals surface area (Å²) >= 11 is 3.31. The molecule has 1 aromatic carbocycles. The van der Waals surface area contributed by atoms with Crippen molar-refractivity contribution in [1.82, 2.24) is 0 Å². The average molecular weight is 213 g/mol. The Kier molecular flexibility index (Phi) is 2.85. The summed E-state index contributed by atoms with van der Waals surface area (Å²) in [4.78, 5) is 0. The van der Waals surface area contributed by atoms with Crippen molar-refractivity contribution in [1.29, 1.82) is 0 Å². The van der Waals surface area contributed by atoms with Crippen LogP contribution in [0, 0.1) is 0 Å². The number of aliphatic hydroxyl groups is 1. The van der Waals surface area contributed by atoms with E-state index in [1.165, 1.54) is 6.08 Å². The van der Waals surface area contributed by atoms with E-state index >= 15 is 0 Å². The van der Waals surface area contributed by atoms with Crippen LogP contribution in [0.4, 0.5) is 0 Å². The molecule has 0 fully saturated rings. The molecule has 0 saturated heterocycles. The van der Waals surface area contributed by atoms with Crippen molar-refractivity contribution in [2.45, 2.75) is 6.10 Å². The zero-order valence-corrected chi connectivity index (χ0v) is 7.58. The molecule has 1 nitrogen and oxygen atoms in total. The van der Waals surface area contributed by atoms with Gasteiger partial charge in [-0.15, -0.1) is 6.58 Å². The van der Waals surface area contributed by atoms with Gasteiger partial charge < -0.3 is 5.11 Å². The molecule has 0 amide bonds. The SMILES string of the molecule is C=C[C@H](O)c1cccc(Br)c1. The maximum atomic E-state index is 9.31. The average Bonchev–Trinajstić information content (AvgIpc) is 2.03. The monoisotopic (exact) mass is 212 g/mol. The molecule has 0 unspecified atom stereocenters. The Hall–Kier alpha value is -0.600. The van der Waals surface area contributed by atoms with Gasteiger partial charge in [0.2, 0.25) is 0 Å². The Balaban J connectivity index is 2.95. The van der Waals surface area contributed by atoms with Gasteiger partial charge in [0.25, 0.3) is 0 Å². The molecular formula is C9H9BrO. The van der Waals surface area contributed by atoms with Gasteiger partial charge in [0.15, 0.2) is 0 Å². The van der Waals surface area contributed by atoms with Gasteiger partial charge in [-0.3, -0.25) is 0 Å². The lowest BCUT2D eigenvalue weighted by atomic mass is 10.1. The van der Waals surface area contributed by atoms with E-state index in [4.69, 9.17) is 0 Å². The van der Waals surface area contributed by atoms with Crippen LogP contribution >= 0.6 is 15.9 Å². The number of rotatable bonds is 2. The largest absolute Gasteiger partial charge is 0.384 e. The highest BCUT2D eigenvalue weighted by Gasteiger charge is 2.00. The molecule has 1 N–H and O–H groups in total. The van der Waals surface area contributed by atoms with Crippen LogP contribution in [-0.4, -0.2) is 5.11 Å². The summed E-state index contributed by atoms with van der Waals surface area (Å²) in [5, 5.41) is 9.31. The van der Waals surface area contributed by atoms with Crippen molar-refractivity contribution in [3.8, 4) is 0 Å². The van der Waals surface area contributed by atoms with Gasteiger partial charge in [-0.2, -0.15) is 0 Å². The van der Waals surface area contributed by atoms with E-state index in [0.717, 1.165) is 10.0 Å². The fourth-order valence-corrected chi connectivity index (χ4v) is 1.24. The zero-order valence-electron chi connectivity index (χ0n) is 6.00. The molecule has 0 aliphatic rings. The molecule has 1 atom stereocenters. The van der Waals surface area contributed by atoms with E-state index in [9.17, 15) is 5.11 Å². The van der Waals surface area contributed by atoms with Gasteiger partial charge in [-0.05, 0) is 17.7 Å². The molecule has 11 heavy (non-hydrogen) atoms. The van der Waals surface area contributed by atoms with Crippen molar-refractivity contribution in [2.75, 3.05) is 0 Å². The lowest BCUT2D eigenvalue weighted by molar-refractivity contribution is 0.229. The van der Waals surface area contributed by atoms with Crippen LogP contribution in [-0.2, 0) is 0 Å². The van der Waals surface area contributed by atoms with Crippen LogP contribution in [0.15, 0.2) is 41.4 Å². The normalized spacial score (nSPS) is 12.5. The second-order valence-corrected chi connectivity index (χ2v) is 3.15. The predicted octanol–water partition coefficient (Wildman–Crippen LogP) is 2.67. The van der Waals surface area contributed by atoms with E-state index in [1.54, 1.807) is 0 Å². The first-order valence-electron chi connectivity index (χ1n) is 3.30. The van der Waals surface area contributed by atoms with Crippen LogP contribution < -0.4 is 0 Å². The molecule has 0 spiro atoms. The predicted molar refractivity (Wildman–Crippen MR) is 49.3 cm³/mol. The number of hydrogen-bond donors (Lipinski definition) is 1. The minimum atomic E-state index is -0.563. The molecular weight excluding hydrogens is 204 g/mol. The fourth-order valence-electron chi connectivity index (χ4n) is 0.827. The van der Waals surface area contributed by atoms with Gasteiger partial charge in [-0.25, -0.2) is 0 Å². The summed E-state index contributed by atoms with van der Waals surface area (Å²) in [6.07, 6.45) is 0.939. The van der Waals surface area contributed by atoms with E-state index in [0.29, 0.717) is 0 Å². The molecule has 0 aromatic heterocycles. The van der Waals surface area contributed by atoms with Crippen molar-refractivity contribution in [3.63, 3.8) is 0 Å². The Bertz CT molecular complexity index is 257. The minimum Gasteiger partial charge on any atom is -0.384 e. The maximum absolute atomic E-state index is 9.31. The van der Waals surface area contributed by atoms with Crippen molar-refractivity contribution < 1.29 is 5.11 Å². The highest BCUT2D eigenvalue weighted by molar-refractivity contribution is 9.10. The molecule has 0 aliphatic carbocycles. The van der Waals surface area contributed by atoms with Gasteiger partial charge in [0, 0.05) is 4.47 Å². The molecule has 1 rings (SSSR count). The van der Waals surface area contributed by atoms with Crippen LogP contribution in [0.1, 0.15) is 11.7 Å². The summed E-state index contributed by atoms with van der Waals surface area (Å²) in [5.41, 5.74) is 0.856. The third kappa shape index (κ3) is 2.17.